The van der Waals surface area contributed by atoms with E-state index in [1.165, 1.54) is 11.8 Å². The molecule has 2 aliphatic rings. The Hall–Kier alpha value is -2.60. The first kappa shape index (κ1) is 15.0. The molecule has 2 heterocycles. The summed E-state index contributed by atoms with van der Waals surface area (Å²) in [5, 5.41) is 16.6. The van der Waals surface area contributed by atoms with Gasteiger partial charge >= 0.3 is 5.24 Å². The number of para-hydroxylation sites is 1. The summed E-state index contributed by atoms with van der Waals surface area (Å²) in [6.07, 6.45) is 0.652. The number of hydrogen-bond donors (Lipinski definition) is 1. The van der Waals surface area contributed by atoms with Crippen LogP contribution in [-0.2, 0) is 0 Å². The summed E-state index contributed by atoms with van der Waals surface area (Å²) in [5.41, 5.74) is 2.76. The Balaban J connectivity index is 1.75. The monoisotopic (exact) mass is 337 g/mol. The molecular formula is C18H15N3O2S. The number of hydrogen-bond acceptors (Lipinski definition) is 5. The number of carbonyl (C=O) groups is 1. The fourth-order valence-corrected chi connectivity index (χ4v) is 3.60. The molecule has 2 aromatic carbocycles. The molecule has 0 aliphatic carbocycles. The number of aliphatic imine (C=N–C) groups is 1. The maximum absolute atomic E-state index is 11.5. The highest BCUT2D eigenvalue weighted by atomic mass is 32.2. The van der Waals surface area contributed by atoms with Crippen molar-refractivity contribution in [3.63, 3.8) is 0 Å². The van der Waals surface area contributed by atoms with Crippen molar-refractivity contribution >= 4 is 28.5 Å². The van der Waals surface area contributed by atoms with Crippen molar-refractivity contribution in [3.8, 4) is 5.75 Å². The Labute approximate surface area is 143 Å². The van der Waals surface area contributed by atoms with E-state index in [1.54, 1.807) is 17.1 Å². The molecule has 0 saturated carbocycles. The number of phenols is 1. The average Bonchev–Trinajstić information content (AvgIpc) is 3.22. The van der Waals surface area contributed by atoms with Crippen LogP contribution in [0.3, 0.4) is 0 Å². The van der Waals surface area contributed by atoms with Crippen molar-refractivity contribution in [2.45, 2.75) is 12.5 Å². The lowest BCUT2D eigenvalue weighted by molar-refractivity contribution is 0.267. The molecule has 6 heteroatoms. The van der Waals surface area contributed by atoms with Crippen LogP contribution in [0.4, 0.5) is 4.79 Å². The zero-order chi connectivity index (χ0) is 16.5. The summed E-state index contributed by atoms with van der Waals surface area (Å²) in [7, 11) is 0. The molecule has 1 unspecified atom stereocenters. The Bertz CT molecular complexity index is 848. The summed E-state index contributed by atoms with van der Waals surface area (Å²) in [6.45, 7) is 0. The van der Waals surface area contributed by atoms with Gasteiger partial charge in [-0.25, -0.2) is 5.01 Å². The van der Waals surface area contributed by atoms with Crippen molar-refractivity contribution in [2.75, 3.05) is 5.75 Å². The third kappa shape index (κ3) is 2.69. The molecule has 1 N–H and O–H groups in total. The average molecular weight is 337 g/mol. The summed E-state index contributed by atoms with van der Waals surface area (Å²) in [4.78, 5) is 15.6. The van der Waals surface area contributed by atoms with Gasteiger partial charge in [-0.3, -0.25) is 4.79 Å². The minimum atomic E-state index is -0.190. The van der Waals surface area contributed by atoms with Gasteiger partial charge in [-0.1, -0.05) is 60.3 Å². The molecule has 0 fully saturated rings. The normalized spacial score (nSPS) is 20.2. The first-order valence-corrected chi connectivity index (χ1v) is 8.65. The van der Waals surface area contributed by atoms with Gasteiger partial charge in [0.1, 0.15) is 11.6 Å². The van der Waals surface area contributed by atoms with Crippen LogP contribution in [0.15, 0.2) is 64.7 Å². The molecule has 0 spiro atoms. The second-order valence-electron chi connectivity index (χ2n) is 5.62. The van der Waals surface area contributed by atoms with Crippen LogP contribution < -0.4 is 0 Å². The van der Waals surface area contributed by atoms with E-state index in [0.717, 1.165) is 16.8 Å². The molecule has 0 radical (unpaired) electrons. The predicted molar refractivity (Wildman–Crippen MR) is 95.6 cm³/mol. The van der Waals surface area contributed by atoms with Crippen LogP contribution in [-0.4, -0.2) is 32.7 Å². The van der Waals surface area contributed by atoms with Gasteiger partial charge in [-0.2, -0.15) is 10.1 Å². The minimum Gasteiger partial charge on any atom is -0.508 e. The van der Waals surface area contributed by atoms with Gasteiger partial charge < -0.3 is 5.11 Å². The number of hydrazone groups is 1. The lowest BCUT2D eigenvalue weighted by Gasteiger charge is -2.23. The first-order chi connectivity index (χ1) is 11.7. The molecule has 24 heavy (non-hydrogen) atoms. The van der Waals surface area contributed by atoms with E-state index in [4.69, 9.17) is 5.10 Å². The van der Waals surface area contributed by atoms with E-state index in [1.807, 2.05) is 42.5 Å². The van der Waals surface area contributed by atoms with E-state index in [-0.39, 0.29) is 17.0 Å². The lowest BCUT2D eigenvalue weighted by Crippen LogP contribution is -2.27. The van der Waals surface area contributed by atoms with Gasteiger partial charge in [0.15, 0.2) is 0 Å². The summed E-state index contributed by atoms with van der Waals surface area (Å²) >= 11 is 1.17. The topological polar surface area (TPSA) is 65.3 Å². The molecule has 0 aromatic heterocycles. The van der Waals surface area contributed by atoms with Gasteiger partial charge in [0.25, 0.3) is 0 Å². The number of aromatic hydroxyl groups is 1. The number of rotatable bonds is 2. The zero-order valence-electron chi connectivity index (χ0n) is 12.8. The molecule has 1 amide bonds. The van der Waals surface area contributed by atoms with Crippen LogP contribution in [0, 0.1) is 0 Å². The molecule has 120 valence electrons. The van der Waals surface area contributed by atoms with Crippen LogP contribution in [0.2, 0.25) is 0 Å². The minimum absolute atomic E-state index is 0.161. The van der Waals surface area contributed by atoms with Crippen LogP contribution in [0.25, 0.3) is 0 Å². The molecule has 1 atom stereocenters. The van der Waals surface area contributed by atoms with Crippen molar-refractivity contribution in [2.24, 2.45) is 10.1 Å². The van der Waals surface area contributed by atoms with Gasteiger partial charge in [0.05, 0.1) is 17.5 Å². The van der Waals surface area contributed by atoms with Crippen molar-refractivity contribution in [3.05, 3.63) is 65.7 Å². The maximum atomic E-state index is 11.5. The summed E-state index contributed by atoms with van der Waals surface area (Å²) < 4.78 is 0. The van der Waals surface area contributed by atoms with E-state index >= 15 is 0 Å². The van der Waals surface area contributed by atoms with Crippen molar-refractivity contribution < 1.29 is 9.90 Å². The highest BCUT2D eigenvalue weighted by molar-refractivity contribution is 8.14. The molecule has 2 aliphatic heterocycles. The second kappa shape index (κ2) is 6.13. The number of thioether (sulfide) groups is 1. The highest BCUT2D eigenvalue weighted by Crippen LogP contribution is 2.38. The number of amidine groups is 1. The lowest BCUT2D eigenvalue weighted by atomic mass is 9.98. The van der Waals surface area contributed by atoms with Gasteiger partial charge in [0.2, 0.25) is 0 Å². The molecule has 4 rings (SSSR count). The zero-order valence-corrected chi connectivity index (χ0v) is 13.6. The standard InChI is InChI=1S/C18H15N3O2S/c22-16-9-5-4-8-13(16)15-10-14(12-6-2-1-3-7-12)20-21(15)17-11-24-18(23)19-17/h1-9,15,22H,10-11H2. The second-order valence-corrected chi connectivity index (χ2v) is 6.55. The highest BCUT2D eigenvalue weighted by Gasteiger charge is 2.35. The fraction of sp³-hybridized carbons (Fsp3) is 0.167. The van der Waals surface area contributed by atoms with Crippen LogP contribution in [0.5, 0.6) is 5.75 Å². The molecule has 5 nitrogen and oxygen atoms in total. The van der Waals surface area contributed by atoms with E-state index in [9.17, 15) is 9.90 Å². The Kier molecular flexibility index (Phi) is 3.82. The molecular weight excluding hydrogens is 322 g/mol. The molecule has 0 bridgehead atoms. The number of benzene rings is 2. The number of phenolic OH excluding ortho intramolecular Hbond substituents is 1. The number of nitrogens with zero attached hydrogens (tertiary/aromatic N) is 3. The summed E-state index contributed by atoms with van der Waals surface area (Å²) in [6, 6.07) is 17.0. The van der Waals surface area contributed by atoms with Crippen LogP contribution >= 0.6 is 11.8 Å². The van der Waals surface area contributed by atoms with Crippen LogP contribution in [0.1, 0.15) is 23.6 Å². The Morgan fingerprint density at radius 1 is 1.08 bits per heavy atom. The predicted octanol–water partition coefficient (Wildman–Crippen LogP) is 3.81. The van der Waals surface area contributed by atoms with Gasteiger partial charge in [-0.05, 0) is 11.6 Å². The maximum Gasteiger partial charge on any atom is 0.307 e. The SMILES string of the molecule is O=C1N=C(N2N=C(c3ccccc3)CC2c2ccccc2O)CS1. The number of amides is 1. The van der Waals surface area contributed by atoms with Crippen molar-refractivity contribution in [1.82, 2.24) is 5.01 Å². The number of carbonyl (C=O) groups excluding carboxylic acids is 1. The largest absolute Gasteiger partial charge is 0.508 e. The van der Waals surface area contributed by atoms with E-state index < -0.39 is 0 Å². The Morgan fingerprint density at radius 3 is 2.54 bits per heavy atom. The molecule has 2 aromatic rings. The first-order valence-electron chi connectivity index (χ1n) is 7.67. The third-order valence-corrected chi connectivity index (χ3v) is 4.86. The Morgan fingerprint density at radius 2 is 1.83 bits per heavy atom. The fourth-order valence-electron chi connectivity index (χ4n) is 2.98. The third-order valence-electron chi connectivity index (χ3n) is 4.12. The van der Waals surface area contributed by atoms with Gasteiger partial charge in [-0.15, -0.1) is 0 Å². The van der Waals surface area contributed by atoms with E-state index in [0.29, 0.717) is 18.0 Å². The van der Waals surface area contributed by atoms with E-state index in [2.05, 4.69) is 4.99 Å². The van der Waals surface area contributed by atoms with Crippen molar-refractivity contribution in [1.29, 1.82) is 0 Å². The smallest absolute Gasteiger partial charge is 0.307 e. The molecule has 0 saturated heterocycles. The quantitative estimate of drug-likeness (QED) is 0.905. The summed E-state index contributed by atoms with van der Waals surface area (Å²) in [5.74, 6) is 1.38. The van der Waals surface area contributed by atoms with Gasteiger partial charge in [0, 0.05) is 12.0 Å².